The van der Waals surface area contributed by atoms with Gasteiger partial charge in [0.25, 0.3) is 5.91 Å². The van der Waals surface area contributed by atoms with Gasteiger partial charge < -0.3 is 10.2 Å². The lowest BCUT2D eigenvalue weighted by Gasteiger charge is -2.22. The SMILES string of the molecule is Cc1cnc(C(=O)N(CCC(=O)NCCC(C)C)CCc2ccccc2)cn1. The summed E-state index contributed by atoms with van der Waals surface area (Å²) in [4.78, 5) is 35.1. The van der Waals surface area contributed by atoms with E-state index in [1.807, 2.05) is 37.3 Å². The quantitative estimate of drug-likeness (QED) is 0.685. The van der Waals surface area contributed by atoms with Gasteiger partial charge >= 0.3 is 0 Å². The maximum Gasteiger partial charge on any atom is 0.274 e. The Hall–Kier alpha value is -2.76. The van der Waals surface area contributed by atoms with Crippen molar-refractivity contribution in [3.05, 3.63) is 59.7 Å². The summed E-state index contributed by atoms with van der Waals surface area (Å²) in [7, 11) is 0. The van der Waals surface area contributed by atoms with Crippen LogP contribution in [0.3, 0.4) is 0 Å². The largest absolute Gasteiger partial charge is 0.356 e. The molecule has 150 valence electrons. The van der Waals surface area contributed by atoms with Crippen LogP contribution in [0.1, 0.15) is 48.4 Å². The van der Waals surface area contributed by atoms with Crippen molar-refractivity contribution in [3.63, 3.8) is 0 Å². The van der Waals surface area contributed by atoms with E-state index in [0.29, 0.717) is 31.2 Å². The van der Waals surface area contributed by atoms with E-state index in [1.165, 1.54) is 6.20 Å². The molecule has 28 heavy (non-hydrogen) atoms. The molecular formula is C22H30N4O2. The predicted molar refractivity (Wildman–Crippen MR) is 110 cm³/mol. The summed E-state index contributed by atoms with van der Waals surface area (Å²) in [5, 5.41) is 2.92. The van der Waals surface area contributed by atoms with Crippen molar-refractivity contribution in [3.8, 4) is 0 Å². The summed E-state index contributed by atoms with van der Waals surface area (Å²) in [6.07, 6.45) is 5.03. The van der Waals surface area contributed by atoms with Crippen molar-refractivity contribution in [2.75, 3.05) is 19.6 Å². The molecule has 0 bridgehead atoms. The molecule has 2 rings (SSSR count). The van der Waals surface area contributed by atoms with Gasteiger partial charge in [-0.25, -0.2) is 4.98 Å². The Morgan fingerprint density at radius 3 is 2.46 bits per heavy atom. The van der Waals surface area contributed by atoms with E-state index in [0.717, 1.165) is 24.1 Å². The van der Waals surface area contributed by atoms with E-state index in [2.05, 4.69) is 29.1 Å². The number of nitrogens with one attached hydrogen (secondary N) is 1. The Bertz CT molecular complexity index is 745. The van der Waals surface area contributed by atoms with Crippen LogP contribution < -0.4 is 5.32 Å². The molecule has 0 aliphatic rings. The van der Waals surface area contributed by atoms with Gasteiger partial charge in [0, 0.05) is 32.3 Å². The van der Waals surface area contributed by atoms with Crippen LogP contribution in [0.15, 0.2) is 42.7 Å². The minimum absolute atomic E-state index is 0.0341. The Morgan fingerprint density at radius 2 is 1.82 bits per heavy atom. The zero-order valence-electron chi connectivity index (χ0n) is 17.0. The van der Waals surface area contributed by atoms with Crippen molar-refractivity contribution < 1.29 is 9.59 Å². The van der Waals surface area contributed by atoms with Crippen LogP contribution in [0.4, 0.5) is 0 Å². The highest BCUT2D eigenvalue weighted by atomic mass is 16.2. The molecule has 0 saturated carbocycles. The van der Waals surface area contributed by atoms with Crippen molar-refractivity contribution >= 4 is 11.8 Å². The molecule has 6 heteroatoms. The number of aryl methyl sites for hydroxylation is 1. The van der Waals surface area contributed by atoms with Crippen molar-refractivity contribution in [1.82, 2.24) is 20.2 Å². The van der Waals surface area contributed by atoms with Crippen LogP contribution in [0, 0.1) is 12.8 Å². The number of benzene rings is 1. The number of carbonyl (C=O) groups excluding carboxylic acids is 2. The highest BCUT2D eigenvalue weighted by molar-refractivity contribution is 5.92. The van der Waals surface area contributed by atoms with Crippen LogP contribution >= 0.6 is 0 Å². The number of aromatic nitrogens is 2. The lowest BCUT2D eigenvalue weighted by molar-refractivity contribution is -0.121. The molecule has 1 aromatic carbocycles. The molecule has 0 fully saturated rings. The molecule has 1 N–H and O–H groups in total. The average Bonchev–Trinajstić information content (AvgIpc) is 2.68. The maximum atomic E-state index is 12.9. The van der Waals surface area contributed by atoms with Gasteiger partial charge in [0.05, 0.1) is 11.9 Å². The Balaban J connectivity index is 1.97. The zero-order chi connectivity index (χ0) is 20.4. The van der Waals surface area contributed by atoms with E-state index >= 15 is 0 Å². The topological polar surface area (TPSA) is 75.2 Å². The second-order valence-corrected chi connectivity index (χ2v) is 7.35. The first kappa shape index (κ1) is 21.5. The van der Waals surface area contributed by atoms with Gasteiger partial charge in [-0.2, -0.15) is 0 Å². The highest BCUT2D eigenvalue weighted by Gasteiger charge is 2.18. The first-order chi connectivity index (χ1) is 13.5. The van der Waals surface area contributed by atoms with Crippen LogP contribution in [0.25, 0.3) is 0 Å². The molecule has 1 aromatic heterocycles. The molecule has 0 aliphatic heterocycles. The van der Waals surface area contributed by atoms with Gasteiger partial charge in [-0.1, -0.05) is 44.2 Å². The molecule has 0 radical (unpaired) electrons. The van der Waals surface area contributed by atoms with Gasteiger partial charge in [0.15, 0.2) is 0 Å². The summed E-state index contributed by atoms with van der Waals surface area (Å²) >= 11 is 0. The summed E-state index contributed by atoms with van der Waals surface area (Å²) in [5.41, 5.74) is 2.22. The molecular weight excluding hydrogens is 352 g/mol. The van der Waals surface area contributed by atoms with E-state index in [-0.39, 0.29) is 18.2 Å². The van der Waals surface area contributed by atoms with Crippen LogP contribution in [-0.2, 0) is 11.2 Å². The number of amides is 2. The van der Waals surface area contributed by atoms with Crippen molar-refractivity contribution in [2.45, 2.75) is 40.0 Å². The molecule has 0 saturated heterocycles. The number of hydrogen-bond acceptors (Lipinski definition) is 4. The van der Waals surface area contributed by atoms with E-state index in [4.69, 9.17) is 0 Å². The third-order valence-electron chi connectivity index (χ3n) is 4.45. The molecule has 0 aliphatic carbocycles. The number of nitrogens with zero attached hydrogens (tertiary/aromatic N) is 3. The maximum absolute atomic E-state index is 12.9. The third-order valence-corrected chi connectivity index (χ3v) is 4.45. The monoisotopic (exact) mass is 382 g/mol. The van der Waals surface area contributed by atoms with Crippen LogP contribution in [0.2, 0.25) is 0 Å². The summed E-state index contributed by atoms with van der Waals surface area (Å²) < 4.78 is 0. The highest BCUT2D eigenvalue weighted by Crippen LogP contribution is 2.07. The Morgan fingerprint density at radius 1 is 1.07 bits per heavy atom. The first-order valence-corrected chi connectivity index (χ1v) is 9.84. The van der Waals surface area contributed by atoms with Crippen molar-refractivity contribution in [2.24, 2.45) is 5.92 Å². The second kappa shape index (κ2) is 11.2. The van der Waals surface area contributed by atoms with Gasteiger partial charge in [-0.15, -0.1) is 0 Å². The van der Waals surface area contributed by atoms with Gasteiger partial charge in [-0.05, 0) is 31.2 Å². The summed E-state index contributed by atoms with van der Waals surface area (Å²) in [6, 6.07) is 10.00. The van der Waals surface area contributed by atoms with Gasteiger partial charge in [0.2, 0.25) is 5.91 Å². The molecule has 0 atom stereocenters. The first-order valence-electron chi connectivity index (χ1n) is 9.84. The molecule has 0 spiro atoms. The van der Waals surface area contributed by atoms with Gasteiger partial charge in [0.1, 0.15) is 5.69 Å². The minimum Gasteiger partial charge on any atom is -0.356 e. The molecule has 2 aromatic rings. The fourth-order valence-electron chi connectivity index (χ4n) is 2.71. The van der Waals surface area contributed by atoms with Crippen LogP contribution in [-0.4, -0.2) is 46.3 Å². The third kappa shape index (κ3) is 7.47. The number of hydrogen-bond donors (Lipinski definition) is 1. The normalized spacial score (nSPS) is 10.7. The average molecular weight is 383 g/mol. The molecule has 1 heterocycles. The fraction of sp³-hybridized carbons (Fsp3) is 0.455. The molecule has 2 amide bonds. The lowest BCUT2D eigenvalue weighted by atomic mass is 10.1. The zero-order valence-corrected chi connectivity index (χ0v) is 17.0. The van der Waals surface area contributed by atoms with Gasteiger partial charge in [-0.3, -0.25) is 14.6 Å². The minimum atomic E-state index is -0.196. The standard InChI is InChI=1S/C22H30N4O2/c1-17(2)9-12-23-21(27)11-14-26(13-10-19-7-5-4-6-8-19)22(28)20-16-24-18(3)15-25-20/h4-8,15-17H,9-14H2,1-3H3,(H,23,27). The Kier molecular flexibility index (Phi) is 8.59. The fourth-order valence-corrected chi connectivity index (χ4v) is 2.71. The van der Waals surface area contributed by atoms with Crippen LogP contribution in [0.5, 0.6) is 0 Å². The lowest BCUT2D eigenvalue weighted by Crippen LogP contribution is -2.37. The molecule has 0 unspecified atom stereocenters. The smallest absolute Gasteiger partial charge is 0.274 e. The number of rotatable bonds is 10. The Labute approximate surface area is 167 Å². The van der Waals surface area contributed by atoms with Crippen molar-refractivity contribution in [1.29, 1.82) is 0 Å². The van der Waals surface area contributed by atoms with E-state index < -0.39 is 0 Å². The molecule has 6 nitrogen and oxygen atoms in total. The predicted octanol–water partition coefficient (Wildman–Crippen LogP) is 3.02. The number of carbonyl (C=O) groups is 2. The second-order valence-electron chi connectivity index (χ2n) is 7.35. The van der Waals surface area contributed by atoms with E-state index in [1.54, 1.807) is 11.1 Å². The summed E-state index contributed by atoms with van der Waals surface area (Å²) in [5.74, 6) is 0.316. The summed E-state index contributed by atoms with van der Waals surface area (Å²) in [6.45, 7) is 7.62. The van der Waals surface area contributed by atoms with E-state index in [9.17, 15) is 9.59 Å².